The third-order valence-corrected chi connectivity index (χ3v) is 5.63. The van der Waals surface area contributed by atoms with Gasteiger partial charge in [0.05, 0.1) is 11.8 Å². The first-order chi connectivity index (χ1) is 13.9. The number of likely N-dealkylation sites (tertiary alicyclic amines) is 1. The van der Waals surface area contributed by atoms with Crippen LogP contribution < -0.4 is 5.63 Å². The monoisotopic (exact) mass is 395 g/mol. The zero-order valence-electron chi connectivity index (χ0n) is 16.2. The Kier molecular flexibility index (Phi) is 4.82. The summed E-state index contributed by atoms with van der Waals surface area (Å²) in [6.45, 7) is 3.22. The molecule has 0 bridgehead atoms. The second kappa shape index (κ2) is 7.31. The fraction of sp³-hybridized carbons (Fsp3) is 0.364. The minimum atomic E-state index is -1.02. The number of imide groups is 1. The Morgan fingerprint density at radius 2 is 1.79 bits per heavy atom. The summed E-state index contributed by atoms with van der Waals surface area (Å²) in [5, 5.41) is 0.668. The van der Waals surface area contributed by atoms with E-state index in [0.717, 1.165) is 10.5 Å². The molecule has 150 valence electrons. The van der Waals surface area contributed by atoms with Crippen molar-refractivity contribution in [3.8, 4) is 0 Å². The Bertz CT molecular complexity index is 1070. The lowest BCUT2D eigenvalue weighted by Crippen LogP contribution is -2.44. The summed E-state index contributed by atoms with van der Waals surface area (Å²) in [5.74, 6) is -2.13. The number of benzene rings is 1. The fourth-order valence-corrected chi connectivity index (χ4v) is 4.04. The molecule has 1 aliphatic heterocycles. The maximum absolute atomic E-state index is 12.6. The average Bonchev–Trinajstić information content (AvgIpc) is 2.95. The third kappa shape index (κ3) is 3.37. The van der Waals surface area contributed by atoms with Gasteiger partial charge < -0.3 is 9.15 Å². The van der Waals surface area contributed by atoms with Crippen LogP contribution in [0.4, 0.5) is 0 Å². The molecule has 7 nitrogen and oxygen atoms in total. The molecule has 4 rings (SSSR count). The van der Waals surface area contributed by atoms with Crippen molar-refractivity contribution in [2.45, 2.75) is 39.3 Å². The highest BCUT2D eigenvalue weighted by molar-refractivity contribution is 6.08. The first kappa shape index (κ1) is 19.1. The zero-order chi connectivity index (χ0) is 20.7. The van der Waals surface area contributed by atoms with Gasteiger partial charge in [-0.05, 0) is 38.3 Å². The summed E-state index contributed by atoms with van der Waals surface area (Å²) in [4.78, 5) is 50.7. The molecule has 0 N–H and O–H groups in total. The van der Waals surface area contributed by atoms with Gasteiger partial charge in [-0.3, -0.25) is 14.5 Å². The van der Waals surface area contributed by atoms with Crippen LogP contribution in [0, 0.1) is 18.8 Å². The fourth-order valence-electron chi connectivity index (χ4n) is 4.04. The Balaban J connectivity index is 1.50. The minimum Gasteiger partial charge on any atom is -0.459 e. The molecule has 1 saturated heterocycles. The highest BCUT2D eigenvalue weighted by Gasteiger charge is 2.50. The number of aryl methyl sites for hydroxylation is 1. The summed E-state index contributed by atoms with van der Waals surface area (Å²) in [7, 11) is 0. The summed E-state index contributed by atoms with van der Waals surface area (Å²) >= 11 is 0. The van der Waals surface area contributed by atoms with Crippen LogP contribution in [-0.2, 0) is 25.7 Å². The molecule has 0 saturated carbocycles. The molecule has 3 atom stereocenters. The molecule has 7 heteroatoms. The van der Waals surface area contributed by atoms with Gasteiger partial charge >= 0.3 is 11.6 Å². The molecule has 2 aliphatic rings. The predicted molar refractivity (Wildman–Crippen MR) is 104 cm³/mol. The lowest BCUT2D eigenvalue weighted by atomic mass is 9.85. The number of hydrogen-bond donors (Lipinski definition) is 0. The van der Waals surface area contributed by atoms with E-state index in [1.54, 1.807) is 12.1 Å². The highest BCUT2D eigenvalue weighted by Crippen LogP contribution is 2.36. The molecule has 1 aliphatic carbocycles. The predicted octanol–water partition coefficient (Wildman–Crippen LogP) is 2.48. The Labute approximate surface area is 166 Å². The van der Waals surface area contributed by atoms with Crippen LogP contribution in [-0.4, -0.2) is 28.7 Å². The van der Waals surface area contributed by atoms with Crippen molar-refractivity contribution in [3.05, 3.63) is 58.0 Å². The largest absolute Gasteiger partial charge is 0.459 e. The summed E-state index contributed by atoms with van der Waals surface area (Å²) < 4.78 is 10.6. The number of hydrogen-bond acceptors (Lipinski definition) is 6. The Morgan fingerprint density at radius 3 is 2.45 bits per heavy atom. The van der Waals surface area contributed by atoms with Gasteiger partial charge in [0.2, 0.25) is 11.8 Å². The standard InChI is InChI=1S/C22H21NO6/c1-12-7-8-15-14(10-19(24)29-18(15)9-12)11-28-22(27)13(2)23-20(25)16-5-3-4-6-17(16)21(23)26/h3-4,7-10,13,16-17H,5-6,11H2,1-2H3/t13-,16-,17+/m0/s1. The zero-order valence-corrected chi connectivity index (χ0v) is 16.2. The van der Waals surface area contributed by atoms with E-state index in [0.29, 0.717) is 29.4 Å². The first-order valence-electron chi connectivity index (χ1n) is 9.58. The number of fused-ring (bicyclic) bond motifs is 2. The lowest BCUT2D eigenvalue weighted by molar-refractivity contribution is -0.159. The second-order valence-electron chi connectivity index (χ2n) is 7.58. The molecule has 2 aromatic rings. The third-order valence-electron chi connectivity index (χ3n) is 5.63. The molecule has 1 aromatic heterocycles. The van der Waals surface area contributed by atoms with Crippen LogP contribution in [0.15, 0.2) is 45.6 Å². The van der Waals surface area contributed by atoms with Crippen LogP contribution >= 0.6 is 0 Å². The van der Waals surface area contributed by atoms with Gasteiger partial charge in [0.25, 0.3) is 0 Å². The number of nitrogens with zero attached hydrogens (tertiary/aromatic N) is 1. The second-order valence-corrected chi connectivity index (χ2v) is 7.58. The molecule has 2 amide bonds. The van der Waals surface area contributed by atoms with E-state index >= 15 is 0 Å². The van der Waals surface area contributed by atoms with Gasteiger partial charge in [-0.2, -0.15) is 0 Å². The average molecular weight is 395 g/mol. The van der Waals surface area contributed by atoms with Crippen molar-refractivity contribution in [3.63, 3.8) is 0 Å². The van der Waals surface area contributed by atoms with Gasteiger partial charge in [-0.25, -0.2) is 9.59 Å². The molecule has 0 unspecified atom stereocenters. The molecular formula is C22H21NO6. The van der Waals surface area contributed by atoms with E-state index in [-0.39, 0.29) is 18.4 Å². The van der Waals surface area contributed by atoms with E-state index in [1.807, 2.05) is 25.1 Å². The van der Waals surface area contributed by atoms with E-state index in [1.165, 1.54) is 13.0 Å². The molecular weight excluding hydrogens is 374 g/mol. The molecule has 2 heterocycles. The van der Waals surface area contributed by atoms with Gasteiger partial charge in [-0.15, -0.1) is 0 Å². The van der Waals surface area contributed by atoms with Gasteiger partial charge in [0.1, 0.15) is 18.2 Å². The molecule has 1 fully saturated rings. The number of esters is 1. The van der Waals surface area contributed by atoms with Crippen LogP contribution in [0.2, 0.25) is 0 Å². The topological polar surface area (TPSA) is 93.9 Å². The smallest absolute Gasteiger partial charge is 0.336 e. The van der Waals surface area contributed by atoms with Crippen LogP contribution in [0.1, 0.15) is 30.9 Å². The lowest BCUT2D eigenvalue weighted by Gasteiger charge is -2.21. The van der Waals surface area contributed by atoms with E-state index < -0.39 is 29.5 Å². The summed E-state index contributed by atoms with van der Waals surface area (Å²) in [6.07, 6.45) is 4.82. The maximum atomic E-state index is 12.6. The number of amides is 2. The summed E-state index contributed by atoms with van der Waals surface area (Å²) in [6, 6.07) is 5.66. The first-order valence-corrected chi connectivity index (χ1v) is 9.58. The van der Waals surface area contributed by atoms with Crippen molar-refractivity contribution in [1.82, 2.24) is 4.90 Å². The highest BCUT2D eigenvalue weighted by atomic mass is 16.5. The molecule has 0 spiro atoms. The molecule has 1 aromatic carbocycles. The van der Waals surface area contributed by atoms with Crippen LogP contribution in [0.5, 0.6) is 0 Å². The van der Waals surface area contributed by atoms with E-state index in [4.69, 9.17) is 9.15 Å². The quantitative estimate of drug-likeness (QED) is 0.342. The van der Waals surface area contributed by atoms with Crippen LogP contribution in [0.3, 0.4) is 0 Å². The Morgan fingerprint density at radius 1 is 1.14 bits per heavy atom. The minimum absolute atomic E-state index is 0.154. The van der Waals surface area contributed by atoms with Gasteiger partial charge in [0.15, 0.2) is 0 Å². The molecule has 29 heavy (non-hydrogen) atoms. The van der Waals surface area contributed by atoms with Gasteiger partial charge in [-0.1, -0.05) is 24.3 Å². The Hall–Kier alpha value is -3.22. The maximum Gasteiger partial charge on any atom is 0.336 e. The van der Waals surface area contributed by atoms with Crippen molar-refractivity contribution < 1.29 is 23.5 Å². The number of allylic oxidation sites excluding steroid dienone is 2. The SMILES string of the molecule is Cc1ccc2c(COC(=O)[C@H](C)N3C(=O)[C@H]4CC=CC[C@H]4C3=O)cc(=O)oc2c1. The van der Waals surface area contributed by atoms with Crippen molar-refractivity contribution in [2.24, 2.45) is 11.8 Å². The molecule has 0 radical (unpaired) electrons. The van der Waals surface area contributed by atoms with Crippen molar-refractivity contribution in [2.75, 3.05) is 0 Å². The number of carbonyl (C=O) groups excluding carboxylic acids is 3. The van der Waals surface area contributed by atoms with E-state index in [9.17, 15) is 19.2 Å². The summed E-state index contributed by atoms with van der Waals surface area (Å²) in [5.41, 5.74) is 1.32. The van der Waals surface area contributed by atoms with Crippen molar-refractivity contribution >= 4 is 28.8 Å². The van der Waals surface area contributed by atoms with Crippen LogP contribution in [0.25, 0.3) is 11.0 Å². The number of ether oxygens (including phenoxy) is 1. The van der Waals surface area contributed by atoms with Gasteiger partial charge in [0, 0.05) is 17.0 Å². The number of carbonyl (C=O) groups is 3. The number of rotatable bonds is 4. The van der Waals surface area contributed by atoms with E-state index in [2.05, 4.69) is 0 Å². The normalized spacial score (nSPS) is 22.1. The van der Waals surface area contributed by atoms with Crippen molar-refractivity contribution in [1.29, 1.82) is 0 Å².